The van der Waals surface area contributed by atoms with Gasteiger partial charge in [-0.3, -0.25) is 4.79 Å². The molecule has 0 bridgehead atoms. The van der Waals surface area contributed by atoms with Gasteiger partial charge in [0, 0.05) is 5.41 Å². The highest BCUT2D eigenvalue weighted by atomic mass is 79.9. The average molecular weight is 486 g/mol. The molecule has 31 heavy (non-hydrogen) atoms. The van der Waals surface area contributed by atoms with Crippen LogP contribution in [-0.2, 0) is 9.59 Å². The van der Waals surface area contributed by atoms with Crippen LogP contribution in [-0.4, -0.2) is 17.0 Å². The third-order valence-electron chi connectivity index (χ3n) is 6.00. The van der Waals surface area contributed by atoms with E-state index < -0.39 is 11.4 Å². The number of halogens is 1. The third-order valence-corrected chi connectivity index (χ3v) is 6.66. The second-order valence-corrected chi connectivity index (χ2v) is 9.58. The van der Waals surface area contributed by atoms with Gasteiger partial charge in [0.05, 0.1) is 4.47 Å². The first-order valence-corrected chi connectivity index (χ1v) is 11.3. The van der Waals surface area contributed by atoms with Crippen molar-refractivity contribution in [3.05, 3.63) is 64.3 Å². The predicted molar refractivity (Wildman–Crippen MR) is 125 cm³/mol. The Morgan fingerprint density at radius 1 is 1.19 bits per heavy atom. The summed E-state index contributed by atoms with van der Waals surface area (Å²) in [6.07, 6.45) is 4.02. The molecule has 164 valence electrons. The molecule has 1 aliphatic carbocycles. The van der Waals surface area contributed by atoms with Crippen molar-refractivity contribution in [3.63, 3.8) is 0 Å². The molecular weight excluding hydrogens is 458 g/mol. The number of para-hydroxylation sites is 1. The molecule has 0 aliphatic heterocycles. The summed E-state index contributed by atoms with van der Waals surface area (Å²) in [7, 11) is 0. The van der Waals surface area contributed by atoms with E-state index in [4.69, 9.17) is 4.74 Å². The summed E-state index contributed by atoms with van der Waals surface area (Å²) in [5, 5.41) is 12.3. The fourth-order valence-electron chi connectivity index (χ4n) is 3.94. The van der Waals surface area contributed by atoms with Gasteiger partial charge in [-0.1, -0.05) is 45.0 Å². The number of carboxylic acids is 1. The zero-order valence-corrected chi connectivity index (χ0v) is 19.6. The monoisotopic (exact) mass is 485 g/mol. The van der Waals surface area contributed by atoms with Gasteiger partial charge in [0.1, 0.15) is 17.2 Å². The highest BCUT2D eigenvalue weighted by Crippen LogP contribution is 2.44. The summed E-state index contributed by atoms with van der Waals surface area (Å²) in [4.78, 5) is 24.7. The molecule has 2 aromatic carbocycles. The lowest BCUT2D eigenvalue weighted by molar-refractivity contribution is -0.136. The van der Waals surface area contributed by atoms with Gasteiger partial charge in [-0.25, -0.2) is 4.79 Å². The minimum absolute atomic E-state index is 0.126. The summed E-state index contributed by atoms with van der Waals surface area (Å²) in [5.41, 5.74) is -0.00273. The van der Waals surface area contributed by atoms with E-state index in [0.717, 1.165) is 23.7 Å². The van der Waals surface area contributed by atoms with Crippen molar-refractivity contribution in [3.8, 4) is 11.5 Å². The van der Waals surface area contributed by atoms with E-state index in [0.29, 0.717) is 28.9 Å². The van der Waals surface area contributed by atoms with Gasteiger partial charge in [0.25, 0.3) is 0 Å². The predicted octanol–water partition coefficient (Wildman–Crippen LogP) is 6.25. The molecule has 0 aromatic heterocycles. The van der Waals surface area contributed by atoms with Crippen LogP contribution < -0.4 is 10.1 Å². The average Bonchev–Trinajstić information content (AvgIpc) is 3.14. The number of carbonyl (C=O) groups is 2. The zero-order chi connectivity index (χ0) is 22.6. The Morgan fingerprint density at radius 2 is 1.87 bits per heavy atom. The molecule has 1 amide bonds. The van der Waals surface area contributed by atoms with E-state index in [-0.39, 0.29) is 11.6 Å². The summed E-state index contributed by atoms with van der Waals surface area (Å²) < 4.78 is 6.68. The summed E-state index contributed by atoms with van der Waals surface area (Å²) >= 11 is 3.44. The Hall–Kier alpha value is -2.60. The minimum Gasteiger partial charge on any atom is -0.477 e. The lowest BCUT2D eigenvalue weighted by atomic mass is 9.84. The van der Waals surface area contributed by atoms with Gasteiger partial charge in [-0.15, -0.1) is 0 Å². The van der Waals surface area contributed by atoms with Crippen molar-refractivity contribution in [2.45, 2.75) is 40.0 Å². The van der Waals surface area contributed by atoms with Crippen LogP contribution in [0.2, 0.25) is 0 Å². The Labute approximate surface area is 191 Å². The maximum atomic E-state index is 12.9. The molecule has 0 spiro atoms. The molecule has 0 saturated heterocycles. The van der Waals surface area contributed by atoms with Crippen LogP contribution in [0.4, 0.5) is 0 Å². The number of ether oxygens (including phenoxy) is 1. The SMILES string of the molecule is CC(C)C1CCC(C)(C(=O)N/C(=C/c2ccc(Oc3ccccc3Br)cc2)C(=O)O)C1. The van der Waals surface area contributed by atoms with Gasteiger partial charge in [0.2, 0.25) is 5.91 Å². The first-order chi connectivity index (χ1) is 14.7. The highest BCUT2D eigenvalue weighted by Gasteiger charge is 2.42. The number of rotatable bonds is 7. The standard InChI is InChI=1S/C25H28BrNO4/c1-16(2)18-12-13-25(3,15-18)24(30)27-21(23(28)29)14-17-8-10-19(11-9-17)31-22-7-5-4-6-20(22)26/h4-11,14,16,18H,12-13,15H2,1-3H3,(H,27,30)(H,28,29)/b21-14+. The number of benzene rings is 2. The van der Waals surface area contributed by atoms with Crippen LogP contribution >= 0.6 is 15.9 Å². The third kappa shape index (κ3) is 5.76. The van der Waals surface area contributed by atoms with E-state index in [1.54, 1.807) is 24.3 Å². The van der Waals surface area contributed by atoms with Gasteiger partial charge in [0.15, 0.2) is 0 Å². The van der Waals surface area contributed by atoms with E-state index in [1.165, 1.54) is 6.08 Å². The maximum absolute atomic E-state index is 12.9. The number of amides is 1. The summed E-state index contributed by atoms with van der Waals surface area (Å²) in [6, 6.07) is 14.6. The van der Waals surface area contributed by atoms with Crippen molar-refractivity contribution >= 4 is 33.9 Å². The Bertz CT molecular complexity index is 983. The number of hydrogen-bond donors (Lipinski definition) is 2. The van der Waals surface area contributed by atoms with Crippen LogP contribution in [0.5, 0.6) is 11.5 Å². The van der Waals surface area contributed by atoms with Gasteiger partial charge < -0.3 is 15.2 Å². The highest BCUT2D eigenvalue weighted by molar-refractivity contribution is 9.10. The van der Waals surface area contributed by atoms with E-state index in [2.05, 4.69) is 35.1 Å². The molecular formula is C25H28BrNO4. The first-order valence-electron chi connectivity index (χ1n) is 10.5. The normalized spacial score (nSPS) is 21.2. The molecule has 3 rings (SSSR count). The maximum Gasteiger partial charge on any atom is 0.352 e. The van der Waals surface area contributed by atoms with E-state index in [1.807, 2.05) is 31.2 Å². The molecule has 5 nitrogen and oxygen atoms in total. The van der Waals surface area contributed by atoms with E-state index >= 15 is 0 Å². The Kier molecular flexibility index (Phi) is 7.21. The van der Waals surface area contributed by atoms with Crippen LogP contribution in [0.15, 0.2) is 58.7 Å². The molecule has 0 heterocycles. The lowest BCUT2D eigenvalue weighted by Crippen LogP contribution is -2.38. The molecule has 2 N–H and O–H groups in total. The Balaban J connectivity index is 1.71. The minimum atomic E-state index is -1.16. The molecule has 6 heteroatoms. The second kappa shape index (κ2) is 9.69. The van der Waals surface area contributed by atoms with Crippen molar-refractivity contribution in [2.75, 3.05) is 0 Å². The van der Waals surface area contributed by atoms with Crippen LogP contribution in [0.3, 0.4) is 0 Å². The number of hydrogen-bond acceptors (Lipinski definition) is 3. The molecule has 2 unspecified atom stereocenters. The molecule has 2 atom stereocenters. The van der Waals surface area contributed by atoms with Gasteiger partial charge in [-0.2, -0.15) is 0 Å². The second-order valence-electron chi connectivity index (χ2n) is 8.73. The number of carboxylic acid groups (broad SMARTS) is 1. The molecule has 1 saturated carbocycles. The van der Waals surface area contributed by atoms with Crippen molar-refractivity contribution < 1.29 is 19.4 Å². The fourth-order valence-corrected chi connectivity index (χ4v) is 4.31. The lowest BCUT2D eigenvalue weighted by Gasteiger charge is -2.24. The molecule has 1 aliphatic rings. The number of carbonyl (C=O) groups excluding carboxylic acids is 1. The summed E-state index contributed by atoms with van der Waals surface area (Å²) in [5.74, 6) is 0.936. The molecule has 1 fully saturated rings. The van der Waals surface area contributed by atoms with Crippen molar-refractivity contribution in [1.29, 1.82) is 0 Å². The van der Waals surface area contributed by atoms with Gasteiger partial charge in [-0.05, 0) is 82.9 Å². The quantitative estimate of drug-likeness (QED) is 0.454. The van der Waals surface area contributed by atoms with Crippen LogP contribution in [0.25, 0.3) is 6.08 Å². The van der Waals surface area contributed by atoms with Gasteiger partial charge >= 0.3 is 5.97 Å². The van der Waals surface area contributed by atoms with Crippen LogP contribution in [0, 0.1) is 17.3 Å². The zero-order valence-electron chi connectivity index (χ0n) is 18.0. The summed E-state index contributed by atoms with van der Waals surface area (Å²) in [6.45, 7) is 6.26. The smallest absolute Gasteiger partial charge is 0.352 e. The molecule has 2 aromatic rings. The van der Waals surface area contributed by atoms with Crippen LogP contribution in [0.1, 0.15) is 45.6 Å². The fraction of sp³-hybridized carbons (Fsp3) is 0.360. The first kappa shape index (κ1) is 23.1. The molecule has 0 radical (unpaired) electrons. The van der Waals surface area contributed by atoms with Crippen molar-refractivity contribution in [1.82, 2.24) is 5.32 Å². The van der Waals surface area contributed by atoms with E-state index in [9.17, 15) is 14.7 Å². The van der Waals surface area contributed by atoms with Crippen molar-refractivity contribution in [2.24, 2.45) is 17.3 Å². The number of nitrogens with one attached hydrogen (secondary N) is 1. The largest absolute Gasteiger partial charge is 0.477 e. The Morgan fingerprint density at radius 3 is 2.45 bits per heavy atom. The number of aliphatic carboxylic acids is 1. The topological polar surface area (TPSA) is 75.6 Å².